The Labute approximate surface area is 167 Å². The smallest absolute Gasteiger partial charge is 0.338 e. The molecule has 0 amide bonds. The van der Waals surface area contributed by atoms with Gasteiger partial charge in [0.15, 0.2) is 0 Å². The van der Waals surface area contributed by atoms with Crippen LogP contribution in [0.3, 0.4) is 0 Å². The molecule has 0 saturated heterocycles. The summed E-state index contributed by atoms with van der Waals surface area (Å²) in [4.78, 5) is 35.8. The summed E-state index contributed by atoms with van der Waals surface area (Å²) >= 11 is 0. The van der Waals surface area contributed by atoms with E-state index in [9.17, 15) is 19.5 Å². The van der Waals surface area contributed by atoms with E-state index >= 15 is 0 Å². The number of ether oxygens (including phenoxy) is 2. The molecule has 0 aliphatic heterocycles. The van der Waals surface area contributed by atoms with Gasteiger partial charge in [-0.25, -0.2) is 14.4 Å². The van der Waals surface area contributed by atoms with Gasteiger partial charge in [-0.3, -0.25) is 0 Å². The molecule has 0 aliphatic carbocycles. The summed E-state index contributed by atoms with van der Waals surface area (Å²) < 4.78 is 10.3. The molecule has 0 saturated carbocycles. The van der Waals surface area contributed by atoms with Gasteiger partial charge in [-0.1, -0.05) is 43.0 Å². The summed E-state index contributed by atoms with van der Waals surface area (Å²) in [5, 5.41) is 12.1. The molecule has 0 aliphatic rings. The number of esters is 2. The second kappa shape index (κ2) is 8.56. The number of carboxylic acids is 1. The molecule has 1 N–H and O–H groups in total. The van der Waals surface area contributed by atoms with Gasteiger partial charge in [0.1, 0.15) is 0 Å². The van der Waals surface area contributed by atoms with Crippen molar-refractivity contribution in [1.29, 1.82) is 0 Å². The van der Waals surface area contributed by atoms with Crippen molar-refractivity contribution in [2.24, 2.45) is 0 Å². The average molecular weight is 392 g/mol. The minimum absolute atomic E-state index is 0.0647. The second-order valence-electron chi connectivity index (χ2n) is 6.58. The predicted octanol–water partition coefficient (Wildman–Crippen LogP) is 4.36. The van der Waals surface area contributed by atoms with E-state index in [0.717, 1.165) is 10.8 Å². The number of rotatable bonds is 7. The summed E-state index contributed by atoms with van der Waals surface area (Å²) in [5.41, 5.74) is 0.722. The van der Waals surface area contributed by atoms with E-state index in [-0.39, 0.29) is 18.8 Å². The van der Waals surface area contributed by atoms with Gasteiger partial charge < -0.3 is 14.6 Å². The van der Waals surface area contributed by atoms with Crippen molar-refractivity contribution >= 4 is 39.5 Å². The molecule has 0 aromatic heterocycles. The molecule has 3 rings (SSSR count). The molecule has 0 bridgehead atoms. The van der Waals surface area contributed by atoms with Crippen molar-refractivity contribution < 1.29 is 29.0 Å². The van der Waals surface area contributed by atoms with Crippen LogP contribution in [-0.2, 0) is 14.3 Å². The maximum Gasteiger partial charge on any atom is 0.338 e. The van der Waals surface area contributed by atoms with Crippen LogP contribution in [0.1, 0.15) is 34.1 Å². The molecule has 0 heterocycles. The zero-order chi connectivity index (χ0) is 21.0. The summed E-state index contributed by atoms with van der Waals surface area (Å²) in [6.45, 7) is 5.22. The van der Waals surface area contributed by atoms with Gasteiger partial charge in [-0.2, -0.15) is 0 Å². The Morgan fingerprint density at radius 2 is 1.41 bits per heavy atom. The molecular formula is C23H20O6. The molecule has 3 aromatic rings. The van der Waals surface area contributed by atoms with Gasteiger partial charge in [-0.15, -0.1) is 0 Å². The highest BCUT2D eigenvalue weighted by Crippen LogP contribution is 2.31. The van der Waals surface area contributed by atoms with E-state index < -0.39 is 17.9 Å². The van der Waals surface area contributed by atoms with Gasteiger partial charge in [0, 0.05) is 22.8 Å². The van der Waals surface area contributed by atoms with Gasteiger partial charge >= 0.3 is 17.9 Å². The first-order valence-electron chi connectivity index (χ1n) is 9.07. The Balaban J connectivity index is 1.87. The Morgan fingerprint density at radius 3 is 2.00 bits per heavy atom. The normalized spacial score (nSPS) is 10.7. The summed E-state index contributed by atoms with van der Waals surface area (Å²) in [6, 6.07) is 13.8. The molecule has 6 nitrogen and oxygen atoms in total. The third-order valence-corrected chi connectivity index (χ3v) is 4.44. The lowest BCUT2D eigenvalue weighted by atomic mass is 9.94. The van der Waals surface area contributed by atoms with Crippen molar-refractivity contribution in [3.63, 3.8) is 0 Å². The Morgan fingerprint density at radius 1 is 0.862 bits per heavy atom. The van der Waals surface area contributed by atoms with Crippen LogP contribution in [0.15, 0.2) is 60.7 Å². The van der Waals surface area contributed by atoms with E-state index in [0.29, 0.717) is 28.3 Å². The average Bonchev–Trinajstić information content (AvgIpc) is 2.71. The lowest BCUT2D eigenvalue weighted by molar-refractivity contribution is -0.139. The monoisotopic (exact) mass is 392 g/mol. The molecule has 0 fully saturated rings. The van der Waals surface area contributed by atoms with Crippen LogP contribution in [0.2, 0.25) is 0 Å². The summed E-state index contributed by atoms with van der Waals surface area (Å²) in [7, 11) is 0. The highest BCUT2D eigenvalue weighted by atomic mass is 16.5. The van der Waals surface area contributed by atoms with Gasteiger partial charge in [0.05, 0.1) is 24.3 Å². The molecular weight excluding hydrogens is 372 g/mol. The van der Waals surface area contributed by atoms with Crippen molar-refractivity contribution in [1.82, 2.24) is 0 Å². The number of fused-ring (bicyclic) bond motifs is 3. The summed E-state index contributed by atoms with van der Waals surface area (Å²) in [5.74, 6) is -2.11. The Hall–Kier alpha value is -3.67. The van der Waals surface area contributed by atoms with E-state index in [1.807, 2.05) is 18.2 Å². The van der Waals surface area contributed by atoms with Crippen LogP contribution in [0.4, 0.5) is 0 Å². The zero-order valence-corrected chi connectivity index (χ0v) is 15.9. The first-order valence-corrected chi connectivity index (χ1v) is 9.07. The number of hydrogen-bond acceptors (Lipinski definition) is 5. The van der Waals surface area contributed by atoms with Crippen molar-refractivity contribution in [2.45, 2.75) is 13.3 Å². The Kier molecular flexibility index (Phi) is 5.93. The van der Waals surface area contributed by atoms with Gasteiger partial charge in [0.2, 0.25) is 0 Å². The maximum absolute atomic E-state index is 12.7. The van der Waals surface area contributed by atoms with E-state index in [1.54, 1.807) is 31.2 Å². The van der Waals surface area contributed by atoms with Crippen LogP contribution in [0.25, 0.3) is 21.5 Å². The van der Waals surface area contributed by atoms with E-state index in [4.69, 9.17) is 9.47 Å². The molecule has 0 atom stereocenters. The van der Waals surface area contributed by atoms with Crippen LogP contribution >= 0.6 is 0 Å². The fraction of sp³-hybridized carbons (Fsp3) is 0.174. The largest absolute Gasteiger partial charge is 0.478 e. The minimum atomic E-state index is -1.06. The molecule has 0 unspecified atom stereocenters. The summed E-state index contributed by atoms with van der Waals surface area (Å²) in [6.07, 6.45) is 0.344. The quantitative estimate of drug-likeness (QED) is 0.278. The molecule has 6 heteroatoms. The zero-order valence-electron chi connectivity index (χ0n) is 15.9. The topological polar surface area (TPSA) is 89.9 Å². The number of carboxylic acid groups (broad SMARTS) is 1. The number of benzene rings is 3. The molecule has 148 valence electrons. The van der Waals surface area contributed by atoms with Crippen LogP contribution < -0.4 is 0 Å². The van der Waals surface area contributed by atoms with E-state index in [2.05, 4.69) is 6.58 Å². The third kappa shape index (κ3) is 4.27. The second-order valence-corrected chi connectivity index (χ2v) is 6.58. The highest BCUT2D eigenvalue weighted by molar-refractivity contribution is 6.21. The number of carbonyl (C=O) groups excluding carboxylic acids is 2. The Bertz CT molecular complexity index is 1130. The standard InChI is InChI=1S/C23H20O6/c1-14(2)22(26)28-12-5-13-29-23(27)18-9-4-7-16-11-10-15-6-3-8-17(21(24)25)19(15)20(16)18/h3-4,6-11H,1,5,12-13H2,2H3,(H,24,25). The molecule has 0 radical (unpaired) electrons. The SMILES string of the molecule is C=C(C)C(=O)OCCCOC(=O)c1cccc2ccc3cccc(C(=O)O)c3c12. The first-order chi connectivity index (χ1) is 13.9. The third-order valence-electron chi connectivity index (χ3n) is 4.44. The van der Waals surface area contributed by atoms with Crippen molar-refractivity contribution in [3.8, 4) is 0 Å². The van der Waals surface area contributed by atoms with Crippen molar-refractivity contribution in [3.05, 3.63) is 71.8 Å². The van der Waals surface area contributed by atoms with Gasteiger partial charge in [0.25, 0.3) is 0 Å². The number of carbonyl (C=O) groups is 3. The minimum Gasteiger partial charge on any atom is -0.478 e. The molecule has 0 spiro atoms. The van der Waals surface area contributed by atoms with Crippen molar-refractivity contribution in [2.75, 3.05) is 13.2 Å². The van der Waals surface area contributed by atoms with Crippen LogP contribution in [-0.4, -0.2) is 36.2 Å². The molecule has 29 heavy (non-hydrogen) atoms. The predicted molar refractivity (Wildman–Crippen MR) is 109 cm³/mol. The highest BCUT2D eigenvalue weighted by Gasteiger charge is 2.18. The van der Waals surface area contributed by atoms with Crippen LogP contribution in [0.5, 0.6) is 0 Å². The van der Waals surface area contributed by atoms with Crippen LogP contribution in [0, 0.1) is 0 Å². The maximum atomic E-state index is 12.7. The number of aromatic carboxylic acids is 1. The fourth-order valence-corrected chi connectivity index (χ4v) is 3.09. The lowest BCUT2D eigenvalue weighted by Gasteiger charge is -2.12. The first kappa shape index (κ1) is 20.1. The molecule has 3 aromatic carbocycles. The number of hydrogen-bond donors (Lipinski definition) is 1. The van der Waals surface area contributed by atoms with Gasteiger partial charge in [-0.05, 0) is 29.8 Å². The van der Waals surface area contributed by atoms with E-state index in [1.165, 1.54) is 6.07 Å². The fourth-order valence-electron chi connectivity index (χ4n) is 3.09. The lowest BCUT2D eigenvalue weighted by Crippen LogP contribution is -2.11.